The fraction of sp³-hybridized carbons (Fsp3) is 0.966. The van der Waals surface area contributed by atoms with Gasteiger partial charge in [-0.15, -0.1) is 0 Å². The standard InChI is InChI=1S/C29H59NO13/c1-29(2,3)43-28(31)27-42-26-25-41-24-23-40-22-21-39-20-19-38-18-17-37-16-15-36-14-13-35-12-11-34-10-9-33-8-7-32-6-5-30-4/h30H,5-27H2,1-4H3. The normalized spacial score (nSPS) is 11.8. The summed E-state index contributed by atoms with van der Waals surface area (Å²) in [7, 11) is 1.89. The highest BCUT2D eigenvalue weighted by Crippen LogP contribution is 2.06. The van der Waals surface area contributed by atoms with Crippen LogP contribution in [0.25, 0.3) is 0 Å². The third-order valence-corrected chi connectivity index (χ3v) is 4.86. The van der Waals surface area contributed by atoms with Crippen LogP contribution >= 0.6 is 0 Å². The van der Waals surface area contributed by atoms with Crippen molar-refractivity contribution in [3.8, 4) is 0 Å². The number of hydrogen-bond acceptors (Lipinski definition) is 14. The molecule has 0 amide bonds. The van der Waals surface area contributed by atoms with Crippen molar-refractivity contribution in [2.45, 2.75) is 26.4 Å². The predicted octanol–water partition coefficient (Wildman–Crippen LogP) is 0.730. The molecule has 14 heteroatoms. The average Bonchev–Trinajstić information content (AvgIpc) is 2.96. The van der Waals surface area contributed by atoms with Gasteiger partial charge < -0.3 is 62.2 Å². The minimum absolute atomic E-state index is 0.0816. The molecule has 258 valence electrons. The first-order valence-corrected chi connectivity index (χ1v) is 15.2. The second kappa shape index (κ2) is 33.9. The van der Waals surface area contributed by atoms with Gasteiger partial charge in [-0.1, -0.05) is 0 Å². The molecule has 0 unspecified atom stereocenters. The van der Waals surface area contributed by atoms with Gasteiger partial charge in [0, 0.05) is 6.54 Å². The van der Waals surface area contributed by atoms with E-state index in [2.05, 4.69) is 5.32 Å². The summed E-state index contributed by atoms with van der Waals surface area (Å²) >= 11 is 0. The van der Waals surface area contributed by atoms with Gasteiger partial charge in [0.2, 0.25) is 0 Å². The molecule has 0 heterocycles. The molecular formula is C29H59NO13. The number of carbonyl (C=O) groups excluding carboxylic acids is 1. The molecule has 43 heavy (non-hydrogen) atoms. The Morgan fingerprint density at radius 1 is 0.419 bits per heavy atom. The highest BCUT2D eigenvalue weighted by molar-refractivity contribution is 5.71. The molecule has 0 radical (unpaired) electrons. The van der Waals surface area contributed by atoms with Gasteiger partial charge in [0.25, 0.3) is 0 Å². The van der Waals surface area contributed by atoms with Crippen LogP contribution in [0.5, 0.6) is 0 Å². The van der Waals surface area contributed by atoms with E-state index in [0.29, 0.717) is 139 Å². The van der Waals surface area contributed by atoms with E-state index in [9.17, 15) is 4.79 Å². The maximum Gasteiger partial charge on any atom is 0.332 e. The summed E-state index contributed by atoms with van der Waals surface area (Å²) in [5.41, 5.74) is -0.509. The molecule has 0 aromatic rings. The lowest BCUT2D eigenvalue weighted by Gasteiger charge is -2.19. The third-order valence-electron chi connectivity index (χ3n) is 4.86. The number of esters is 1. The summed E-state index contributed by atoms with van der Waals surface area (Å²) in [6.07, 6.45) is 0. The van der Waals surface area contributed by atoms with Gasteiger partial charge in [-0.05, 0) is 27.8 Å². The predicted molar refractivity (Wildman–Crippen MR) is 159 cm³/mol. The lowest BCUT2D eigenvalue weighted by molar-refractivity contribution is -0.160. The third kappa shape index (κ3) is 39.0. The van der Waals surface area contributed by atoms with Crippen molar-refractivity contribution >= 4 is 5.97 Å². The van der Waals surface area contributed by atoms with E-state index in [4.69, 9.17) is 56.8 Å². The van der Waals surface area contributed by atoms with E-state index in [1.54, 1.807) is 0 Å². The number of hydrogen-bond donors (Lipinski definition) is 1. The highest BCUT2D eigenvalue weighted by atomic mass is 16.6. The molecule has 0 rings (SSSR count). The van der Waals surface area contributed by atoms with Crippen molar-refractivity contribution in [2.24, 2.45) is 0 Å². The van der Waals surface area contributed by atoms with Crippen LogP contribution in [0.4, 0.5) is 0 Å². The number of rotatable bonds is 35. The first kappa shape index (κ1) is 42.0. The molecule has 0 aliphatic carbocycles. The fourth-order valence-electron chi connectivity index (χ4n) is 2.90. The van der Waals surface area contributed by atoms with Crippen molar-refractivity contribution in [2.75, 3.05) is 159 Å². The summed E-state index contributed by atoms with van der Waals surface area (Å²) in [4.78, 5) is 11.5. The van der Waals surface area contributed by atoms with Crippen molar-refractivity contribution in [1.82, 2.24) is 5.32 Å². The van der Waals surface area contributed by atoms with Crippen LogP contribution in [-0.4, -0.2) is 171 Å². The van der Waals surface area contributed by atoms with Gasteiger partial charge in [0.05, 0.1) is 139 Å². The molecule has 0 saturated heterocycles. The molecule has 0 aromatic carbocycles. The Morgan fingerprint density at radius 2 is 0.651 bits per heavy atom. The number of nitrogens with one attached hydrogen (secondary N) is 1. The van der Waals surface area contributed by atoms with E-state index in [1.807, 2.05) is 27.8 Å². The average molecular weight is 630 g/mol. The lowest BCUT2D eigenvalue weighted by atomic mass is 10.2. The number of likely N-dealkylation sites (N-methyl/N-ethyl adjacent to an activating group) is 1. The van der Waals surface area contributed by atoms with Crippen molar-refractivity contribution < 1.29 is 61.6 Å². The molecule has 0 aliphatic rings. The zero-order valence-electron chi connectivity index (χ0n) is 27.1. The maximum atomic E-state index is 11.5. The summed E-state index contributed by atoms with van der Waals surface area (Å²) in [6.45, 7) is 16.8. The van der Waals surface area contributed by atoms with Crippen LogP contribution in [0, 0.1) is 0 Å². The van der Waals surface area contributed by atoms with Crippen molar-refractivity contribution in [3.05, 3.63) is 0 Å². The molecule has 0 aliphatic heterocycles. The second-order valence-corrected chi connectivity index (χ2v) is 9.87. The van der Waals surface area contributed by atoms with Crippen LogP contribution in [0.15, 0.2) is 0 Å². The van der Waals surface area contributed by atoms with Gasteiger partial charge >= 0.3 is 5.97 Å². The topological polar surface area (TPSA) is 140 Å². The Bertz CT molecular complexity index is 567. The minimum Gasteiger partial charge on any atom is -0.458 e. The fourth-order valence-corrected chi connectivity index (χ4v) is 2.90. The Labute approximate surface area is 258 Å². The Balaban J connectivity index is 3.09. The lowest BCUT2D eigenvalue weighted by Crippen LogP contribution is -2.27. The van der Waals surface area contributed by atoms with E-state index in [1.165, 1.54) is 0 Å². The smallest absolute Gasteiger partial charge is 0.332 e. The first-order chi connectivity index (χ1) is 21.0. The van der Waals surface area contributed by atoms with E-state index < -0.39 is 5.60 Å². The Hall–Kier alpha value is -1.01. The molecule has 0 fully saturated rings. The van der Waals surface area contributed by atoms with Crippen molar-refractivity contribution in [1.29, 1.82) is 0 Å². The van der Waals surface area contributed by atoms with E-state index in [0.717, 1.165) is 6.54 Å². The largest absolute Gasteiger partial charge is 0.458 e. The molecule has 0 aromatic heterocycles. The molecular weight excluding hydrogens is 570 g/mol. The molecule has 0 spiro atoms. The van der Waals surface area contributed by atoms with Crippen LogP contribution in [0.2, 0.25) is 0 Å². The monoisotopic (exact) mass is 629 g/mol. The zero-order chi connectivity index (χ0) is 31.5. The highest BCUT2D eigenvalue weighted by Gasteiger charge is 2.15. The summed E-state index contributed by atoms with van der Waals surface area (Å²) in [5.74, 6) is -0.386. The number of ether oxygens (including phenoxy) is 12. The van der Waals surface area contributed by atoms with Gasteiger partial charge in [0.15, 0.2) is 0 Å². The summed E-state index contributed by atoms with van der Waals surface area (Å²) < 4.78 is 64.7. The maximum absolute atomic E-state index is 11.5. The van der Waals surface area contributed by atoms with Crippen LogP contribution in [0.3, 0.4) is 0 Å². The molecule has 0 bridgehead atoms. The van der Waals surface area contributed by atoms with Gasteiger partial charge in [-0.2, -0.15) is 0 Å². The van der Waals surface area contributed by atoms with Crippen LogP contribution < -0.4 is 5.32 Å². The summed E-state index contributed by atoms with van der Waals surface area (Å²) in [6, 6.07) is 0. The van der Waals surface area contributed by atoms with E-state index in [-0.39, 0.29) is 12.6 Å². The van der Waals surface area contributed by atoms with Gasteiger partial charge in [0.1, 0.15) is 12.2 Å². The minimum atomic E-state index is -0.509. The quantitative estimate of drug-likeness (QED) is 0.0778. The molecule has 0 saturated carbocycles. The van der Waals surface area contributed by atoms with Crippen LogP contribution in [0.1, 0.15) is 20.8 Å². The van der Waals surface area contributed by atoms with Crippen molar-refractivity contribution in [3.63, 3.8) is 0 Å². The zero-order valence-corrected chi connectivity index (χ0v) is 27.1. The first-order valence-electron chi connectivity index (χ1n) is 15.2. The van der Waals surface area contributed by atoms with Gasteiger partial charge in [-0.3, -0.25) is 0 Å². The van der Waals surface area contributed by atoms with Crippen LogP contribution in [-0.2, 0) is 61.6 Å². The number of carbonyl (C=O) groups is 1. The summed E-state index contributed by atoms with van der Waals surface area (Å²) in [5, 5.41) is 3.02. The van der Waals surface area contributed by atoms with Gasteiger partial charge in [-0.25, -0.2) is 4.79 Å². The molecule has 1 N–H and O–H groups in total. The Kier molecular flexibility index (Phi) is 33.1. The Morgan fingerprint density at radius 3 is 0.884 bits per heavy atom. The van der Waals surface area contributed by atoms with E-state index >= 15 is 0 Å². The molecule has 0 atom stereocenters. The molecule has 14 nitrogen and oxygen atoms in total. The SMILES string of the molecule is CNCCOCCOCCOCCOCCOCCOCCOCCOCCOCCOCCOCC(=O)OC(C)(C)C. The second-order valence-electron chi connectivity index (χ2n) is 9.87.